The number of carbonyl (C=O) groups excluding carboxylic acids is 1. The van der Waals surface area contributed by atoms with E-state index in [1.807, 2.05) is 24.3 Å². The Morgan fingerprint density at radius 3 is 2.48 bits per heavy atom. The third-order valence-electron chi connectivity index (χ3n) is 2.64. The molecule has 0 unspecified atom stereocenters. The third kappa shape index (κ3) is 4.44. The average Bonchev–Trinajstić information content (AvgIpc) is 2.41. The van der Waals surface area contributed by atoms with E-state index in [1.165, 1.54) is 0 Å². The summed E-state index contributed by atoms with van der Waals surface area (Å²) in [5, 5.41) is 4.23. The van der Waals surface area contributed by atoms with Crippen LogP contribution in [0.4, 0.5) is 18.9 Å². The molecule has 1 N–H and O–H groups in total. The molecule has 2 rings (SSSR count). The van der Waals surface area contributed by atoms with Crippen LogP contribution in [0.5, 0.6) is 0 Å². The standard InChI is InChI=1S/C14H11BrF3NO2/c15-11-5-6-12(10-4-2-1-3-9(10)11)19-13(20)7-21-8-14(16,17)18/h1-6H,7-8H2,(H,19,20). The number of fused-ring (bicyclic) bond motifs is 1. The molecule has 21 heavy (non-hydrogen) atoms. The summed E-state index contributed by atoms with van der Waals surface area (Å²) in [6, 6.07) is 10.8. The number of ether oxygens (including phenoxy) is 1. The highest BCUT2D eigenvalue weighted by atomic mass is 79.9. The van der Waals surface area contributed by atoms with Gasteiger partial charge in [-0.1, -0.05) is 40.2 Å². The Balaban J connectivity index is 2.06. The van der Waals surface area contributed by atoms with E-state index >= 15 is 0 Å². The van der Waals surface area contributed by atoms with Crippen molar-refractivity contribution < 1.29 is 22.7 Å². The van der Waals surface area contributed by atoms with Crippen molar-refractivity contribution in [1.29, 1.82) is 0 Å². The predicted octanol–water partition coefficient (Wildman–Crippen LogP) is 4.12. The van der Waals surface area contributed by atoms with Gasteiger partial charge in [0.25, 0.3) is 0 Å². The topological polar surface area (TPSA) is 38.3 Å². The lowest BCUT2D eigenvalue weighted by Crippen LogP contribution is -2.24. The first-order valence-corrected chi connectivity index (χ1v) is 6.78. The number of hydrogen-bond acceptors (Lipinski definition) is 2. The first-order valence-electron chi connectivity index (χ1n) is 5.98. The van der Waals surface area contributed by atoms with Gasteiger partial charge in [-0.15, -0.1) is 0 Å². The number of hydrogen-bond donors (Lipinski definition) is 1. The van der Waals surface area contributed by atoms with Gasteiger partial charge in [-0.3, -0.25) is 4.79 Å². The fourth-order valence-electron chi connectivity index (χ4n) is 1.82. The molecule has 0 bridgehead atoms. The second kappa shape index (κ2) is 6.44. The Kier molecular flexibility index (Phi) is 4.84. The minimum absolute atomic E-state index is 0.523. The largest absolute Gasteiger partial charge is 0.411 e. The molecule has 0 radical (unpaired) electrons. The summed E-state index contributed by atoms with van der Waals surface area (Å²) in [6.45, 7) is -2.09. The zero-order valence-corrected chi connectivity index (χ0v) is 12.3. The number of amides is 1. The Hall–Kier alpha value is -1.60. The Labute approximate surface area is 127 Å². The van der Waals surface area contributed by atoms with Crippen LogP contribution in [0, 0.1) is 0 Å². The predicted molar refractivity (Wildman–Crippen MR) is 77.2 cm³/mol. The Morgan fingerprint density at radius 2 is 1.81 bits per heavy atom. The minimum Gasteiger partial charge on any atom is -0.362 e. The monoisotopic (exact) mass is 361 g/mol. The zero-order valence-electron chi connectivity index (χ0n) is 10.7. The normalized spacial score (nSPS) is 11.6. The molecule has 1 amide bonds. The van der Waals surface area contributed by atoms with E-state index < -0.39 is 25.3 Å². The van der Waals surface area contributed by atoms with E-state index in [2.05, 4.69) is 26.0 Å². The van der Waals surface area contributed by atoms with Crippen LogP contribution in [-0.2, 0) is 9.53 Å². The maximum absolute atomic E-state index is 11.9. The van der Waals surface area contributed by atoms with E-state index in [4.69, 9.17) is 0 Å². The van der Waals surface area contributed by atoms with Gasteiger partial charge in [0.05, 0.1) is 0 Å². The highest BCUT2D eigenvalue weighted by Gasteiger charge is 2.27. The number of alkyl halides is 3. The van der Waals surface area contributed by atoms with Crippen LogP contribution in [0.1, 0.15) is 0 Å². The molecule has 3 nitrogen and oxygen atoms in total. The summed E-state index contributed by atoms with van der Waals surface area (Å²) < 4.78 is 41.0. The smallest absolute Gasteiger partial charge is 0.362 e. The molecule has 7 heteroatoms. The third-order valence-corrected chi connectivity index (χ3v) is 3.34. The maximum Gasteiger partial charge on any atom is 0.411 e. The summed E-state index contributed by atoms with van der Waals surface area (Å²) in [5.41, 5.74) is 0.523. The van der Waals surface area contributed by atoms with E-state index in [9.17, 15) is 18.0 Å². The summed E-state index contributed by atoms with van der Waals surface area (Å²) in [4.78, 5) is 11.6. The molecule has 0 aromatic heterocycles. The maximum atomic E-state index is 11.9. The first kappa shape index (κ1) is 15.8. The van der Waals surface area contributed by atoms with E-state index in [0.717, 1.165) is 15.2 Å². The molecule has 0 saturated heterocycles. The van der Waals surface area contributed by atoms with E-state index in [1.54, 1.807) is 12.1 Å². The van der Waals surface area contributed by atoms with Crippen molar-refractivity contribution in [2.45, 2.75) is 6.18 Å². The lowest BCUT2D eigenvalue weighted by Gasteiger charge is -2.11. The van der Waals surface area contributed by atoms with Gasteiger partial charge in [0, 0.05) is 15.5 Å². The lowest BCUT2D eigenvalue weighted by atomic mass is 10.1. The highest BCUT2D eigenvalue weighted by Crippen LogP contribution is 2.29. The van der Waals surface area contributed by atoms with Crippen molar-refractivity contribution in [2.75, 3.05) is 18.5 Å². The van der Waals surface area contributed by atoms with Crippen LogP contribution in [0.15, 0.2) is 40.9 Å². The first-order chi connectivity index (χ1) is 9.87. The van der Waals surface area contributed by atoms with E-state index in [-0.39, 0.29) is 0 Å². The molecule has 0 fully saturated rings. The second-order valence-corrected chi connectivity index (χ2v) is 5.15. The van der Waals surface area contributed by atoms with Gasteiger partial charge in [0.1, 0.15) is 13.2 Å². The molecular formula is C14H11BrF3NO2. The van der Waals surface area contributed by atoms with E-state index in [0.29, 0.717) is 5.69 Å². The van der Waals surface area contributed by atoms with Gasteiger partial charge < -0.3 is 10.1 Å². The van der Waals surface area contributed by atoms with Crippen molar-refractivity contribution >= 4 is 38.3 Å². The SMILES string of the molecule is O=C(COCC(F)(F)F)Nc1ccc(Br)c2ccccc12. The molecule has 0 saturated carbocycles. The van der Waals surface area contributed by atoms with Crippen LogP contribution in [0.2, 0.25) is 0 Å². The second-order valence-electron chi connectivity index (χ2n) is 4.30. The summed E-state index contributed by atoms with van der Waals surface area (Å²) in [6.07, 6.45) is -4.44. The summed E-state index contributed by atoms with van der Waals surface area (Å²) in [7, 11) is 0. The number of anilines is 1. The molecule has 0 spiro atoms. The highest BCUT2D eigenvalue weighted by molar-refractivity contribution is 9.10. The van der Waals surface area contributed by atoms with Crippen LogP contribution in [0.3, 0.4) is 0 Å². The van der Waals surface area contributed by atoms with Crippen LogP contribution >= 0.6 is 15.9 Å². The number of rotatable bonds is 4. The quantitative estimate of drug-likeness (QED) is 0.889. The Morgan fingerprint density at radius 1 is 1.14 bits per heavy atom. The molecule has 112 valence electrons. The van der Waals surface area contributed by atoms with Crippen molar-refractivity contribution in [2.24, 2.45) is 0 Å². The molecule has 2 aromatic rings. The number of benzene rings is 2. The summed E-state index contributed by atoms with van der Waals surface area (Å²) in [5.74, 6) is -0.633. The Bertz CT molecular complexity index is 658. The van der Waals surface area contributed by atoms with Crippen molar-refractivity contribution in [1.82, 2.24) is 0 Å². The lowest BCUT2D eigenvalue weighted by molar-refractivity contribution is -0.174. The fraction of sp³-hybridized carbons (Fsp3) is 0.214. The van der Waals surface area contributed by atoms with Crippen molar-refractivity contribution in [3.05, 3.63) is 40.9 Å². The fourth-order valence-corrected chi connectivity index (χ4v) is 2.29. The van der Waals surface area contributed by atoms with Gasteiger partial charge in [-0.05, 0) is 17.5 Å². The number of halogens is 4. The van der Waals surface area contributed by atoms with Gasteiger partial charge >= 0.3 is 6.18 Å². The van der Waals surface area contributed by atoms with Crippen LogP contribution in [-0.4, -0.2) is 25.3 Å². The van der Waals surface area contributed by atoms with Crippen molar-refractivity contribution in [3.63, 3.8) is 0 Å². The summed E-state index contributed by atoms with van der Waals surface area (Å²) >= 11 is 3.40. The average molecular weight is 362 g/mol. The zero-order chi connectivity index (χ0) is 15.5. The molecular weight excluding hydrogens is 351 g/mol. The van der Waals surface area contributed by atoms with Gasteiger partial charge in [0.2, 0.25) is 5.91 Å². The minimum atomic E-state index is -4.44. The number of carbonyl (C=O) groups is 1. The number of nitrogens with one attached hydrogen (secondary N) is 1. The molecule has 0 aliphatic carbocycles. The van der Waals surface area contributed by atoms with Crippen molar-refractivity contribution in [3.8, 4) is 0 Å². The van der Waals surface area contributed by atoms with Gasteiger partial charge in [-0.25, -0.2) is 0 Å². The van der Waals surface area contributed by atoms with Gasteiger partial charge in [-0.2, -0.15) is 13.2 Å². The van der Waals surface area contributed by atoms with Gasteiger partial charge in [0.15, 0.2) is 0 Å². The molecule has 2 aromatic carbocycles. The molecule has 0 atom stereocenters. The van der Waals surface area contributed by atoms with Crippen LogP contribution in [0.25, 0.3) is 10.8 Å². The van der Waals surface area contributed by atoms with Crippen LogP contribution < -0.4 is 5.32 Å². The molecule has 0 aliphatic rings. The molecule has 0 aliphatic heterocycles. The molecule has 0 heterocycles.